The van der Waals surface area contributed by atoms with Crippen LogP contribution in [0.2, 0.25) is 0 Å². The molecule has 2 aliphatic rings. The summed E-state index contributed by atoms with van der Waals surface area (Å²) >= 11 is 0. The largest absolute Gasteiger partial charge is 0.226 e. The van der Waals surface area contributed by atoms with Crippen LogP contribution in [0.25, 0.3) is 0 Å². The summed E-state index contributed by atoms with van der Waals surface area (Å²) in [5.74, 6) is 0. The Morgan fingerprint density at radius 2 is 1.71 bits per heavy atom. The summed E-state index contributed by atoms with van der Waals surface area (Å²) in [6.45, 7) is 2.08. The van der Waals surface area contributed by atoms with E-state index in [2.05, 4.69) is 43.7 Å². The monoisotopic (exact) mass is 226 g/mol. The first-order chi connectivity index (χ1) is 6.39. The molecule has 75 valence electrons. The van der Waals surface area contributed by atoms with Gasteiger partial charge in [-0.3, -0.25) is 0 Å². The van der Waals surface area contributed by atoms with Crippen molar-refractivity contribution in [3.8, 4) is 0 Å². The van der Waals surface area contributed by atoms with E-state index in [0.29, 0.717) is 0 Å². The molecule has 0 saturated carbocycles. The summed E-state index contributed by atoms with van der Waals surface area (Å²) in [7, 11) is 0. The zero-order valence-corrected chi connectivity index (χ0v) is 9.54. The fourth-order valence-corrected chi connectivity index (χ4v) is 0.991. The molecule has 0 spiro atoms. The molecular formula is C13H15Mn-. The fraction of sp³-hybridized carbons (Fsp3) is 0.154. The molecular weight excluding hydrogens is 211 g/mol. The van der Waals surface area contributed by atoms with Gasteiger partial charge in [-0.25, -0.2) is 18.1 Å². The molecule has 14 heavy (non-hydrogen) atoms. The van der Waals surface area contributed by atoms with E-state index in [4.69, 9.17) is 0 Å². The van der Waals surface area contributed by atoms with Crippen LogP contribution in [0.4, 0.5) is 0 Å². The van der Waals surface area contributed by atoms with Crippen LogP contribution in [0.3, 0.4) is 0 Å². The second kappa shape index (κ2) is 8.93. The molecule has 0 amide bonds. The quantitative estimate of drug-likeness (QED) is 0.437. The third-order valence-corrected chi connectivity index (χ3v) is 1.71. The molecule has 2 aliphatic carbocycles. The van der Waals surface area contributed by atoms with Crippen LogP contribution in [0.15, 0.2) is 48.1 Å². The van der Waals surface area contributed by atoms with E-state index in [1.54, 1.807) is 0 Å². The first-order valence-electron chi connectivity index (χ1n) is 4.56. The normalized spacial score (nSPS) is 17.1. The average Bonchev–Trinajstić information content (AvgIpc) is 2.48. The van der Waals surface area contributed by atoms with Crippen LogP contribution in [0.5, 0.6) is 0 Å². The first-order valence-corrected chi connectivity index (χ1v) is 4.56. The second-order valence-corrected chi connectivity index (χ2v) is 2.94. The van der Waals surface area contributed by atoms with E-state index in [9.17, 15) is 0 Å². The summed E-state index contributed by atoms with van der Waals surface area (Å²) in [4.78, 5) is 0. The van der Waals surface area contributed by atoms with Gasteiger partial charge < -0.3 is 0 Å². The Bertz CT molecular complexity index is 230. The molecule has 0 atom stereocenters. The standard InChI is InChI=1S/C7H8.C6H7.Mn/c1-2-4-6-7-5-3-1;1-6-4-2-3-5-6;/h1-6H,7H2;2-5H,1H3;/q;-1;. The Morgan fingerprint density at radius 1 is 1.07 bits per heavy atom. The van der Waals surface area contributed by atoms with Gasteiger partial charge in [-0.1, -0.05) is 43.4 Å². The summed E-state index contributed by atoms with van der Waals surface area (Å²) in [5.41, 5.74) is 1.34. The van der Waals surface area contributed by atoms with Crippen molar-refractivity contribution in [3.63, 3.8) is 0 Å². The van der Waals surface area contributed by atoms with Crippen molar-refractivity contribution in [1.82, 2.24) is 0 Å². The predicted octanol–water partition coefficient (Wildman–Crippen LogP) is 3.62. The Hall–Kier alpha value is -0.651. The van der Waals surface area contributed by atoms with Crippen LogP contribution in [-0.4, -0.2) is 0 Å². The Kier molecular flexibility index (Phi) is 8.51. The molecule has 0 aromatic rings. The molecule has 0 aromatic carbocycles. The Morgan fingerprint density at radius 3 is 2.07 bits per heavy atom. The first kappa shape index (κ1) is 13.3. The van der Waals surface area contributed by atoms with Crippen LogP contribution in [-0.2, 0) is 17.1 Å². The number of hydrogen-bond donors (Lipinski definition) is 0. The van der Waals surface area contributed by atoms with Gasteiger partial charge in [-0.15, -0.1) is 12.8 Å². The molecule has 0 saturated heterocycles. The molecule has 0 nitrogen and oxygen atoms in total. The average molecular weight is 226 g/mol. The maximum Gasteiger partial charge on any atom is 0 e. The molecule has 1 heteroatoms. The van der Waals surface area contributed by atoms with Gasteiger partial charge in [-0.2, -0.15) is 0 Å². The van der Waals surface area contributed by atoms with Gasteiger partial charge in [0.2, 0.25) is 0 Å². The van der Waals surface area contributed by atoms with Crippen molar-refractivity contribution in [1.29, 1.82) is 0 Å². The van der Waals surface area contributed by atoms with Gasteiger partial charge in [0.1, 0.15) is 0 Å². The maximum atomic E-state index is 2.12. The van der Waals surface area contributed by atoms with Crippen LogP contribution < -0.4 is 0 Å². The Balaban J connectivity index is 0.000000227. The minimum absolute atomic E-state index is 0. The van der Waals surface area contributed by atoms with Gasteiger partial charge in [0.15, 0.2) is 0 Å². The minimum atomic E-state index is 0. The molecule has 0 aromatic heterocycles. The van der Waals surface area contributed by atoms with Gasteiger partial charge in [0.25, 0.3) is 0 Å². The summed E-state index contributed by atoms with van der Waals surface area (Å²) in [5, 5.41) is 0. The molecule has 0 fully saturated rings. The molecule has 0 bridgehead atoms. The van der Waals surface area contributed by atoms with Crippen molar-refractivity contribution in [2.45, 2.75) is 13.3 Å². The zero-order chi connectivity index (χ0) is 9.36. The number of hydrogen-bond acceptors (Lipinski definition) is 0. The third kappa shape index (κ3) is 6.82. The van der Waals surface area contributed by atoms with Crippen LogP contribution in [0, 0.1) is 19.3 Å². The zero-order valence-electron chi connectivity index (χ0n) is 8.36. The van der Waals surface area contributed by atoms with Crippen LogP contribution >= 0.6 is 0 Å². The smallest absolute Gasteiger partial charge is 0 e. The Labute approximate surface area is 97.9 Å². The van der Waals surface area contributed by atoms with E-state index in [-0.39, 0.29) is 17.1 Å². The molecule has 0 unspecified atom stereocenters. The number of rotatable bonds is 0. The van der Waals surface area contributed by atoms with Gasteiger partial charge in [0, 0.05) is 17.1 Å². The van der Waals surface area contributed by atoms with Crippen molar-refractivity contribution < 1.29 is 17.1 Å². The van der Waals surface area contributed by atoms with Gasteiger partial charge >= 0.3 is 0 Å². The molecule has 2 rings (SSSR count). The molecule has 0 aliphatic heterocycles. The van der Waals surface area contributed by atoms with Gasteiger partial charge in [0.05, 0.1) is 0 Å². The predicted molar refractivity (Wildman–Crippen MR) is 58.7 cm³/mol. The van der Waals surface area contributed by atoms with Gasteiger partial charge in [-0.05, 0) is 6.42 Å². The third-order valence-electron chi connectivity index (χ3n) is 1.71. The fourth-order valence-electron chi connectivity index (χ4n) is 0.991. The minimum Gasteiger partial charge on any atom is -0.226 e. The van der Waals surface area contributed by atoms with E-state index in [1.807, 2.05) is 25.0 Å². The van der Waals surface area contributed by atoms with Crippen molar-refractivity contribution >= 4 is 0 Å². The van der Waals surface area contributed by atoms with Crippen LogP contribution in [0.1, 0.15) is 13.3 Å². The molecule has 0 heterocycles. The molecule has 0 N–H and O–H groups in total. The number of allylic oxidation sites excluding steroid dienone is 8. The molecule has 3 radical (unpaired) electrons. The topological polar surface area (TPSA) is 0 Å². The SMILES string of the molecule is C1=CC=CCC=C1.CC1=C[CH][CH][CH-]1.[Mn]. The van der Waals surface area contributed by atoms with E-state index >= 15 is 0 Å². The summed E-state index contributed by atoms with van der Waals surface area (Å²) in [6, 6.07) is 0. The van der Waals surface area contributed by atoms with E-state index < -0.39 is 0 Å². The second-order valence-electron chi connectivity index (χ2n) is 2.94. The van der Waals surface area contributed by atoms with Crippen molar-refractivity contribution in [3.05, 3.63) is 67.4 Å². The van der Waals surface area contributed by atoms with Crippen molar-refractivity contribution in [2.75, 3.05) is 0 Å². The summed E-state index contributed by atoms with van der Waals surface area (Å²) < 4.78 is 0. The van der Waals surface area contributed by atoms with Crippen molar-refractivity contribution in [2.24, 2.45) is 0 Å². The maximum absolute atomic E-state index is 2.12. The van der Waals surface area contributed by atoms with E-state index in [1.165, 1.54) is 5.57 Å². The summed E-state index contributed by atoms with van der Waals surface area (Å²) in [6.07, 6.45) is 21.7. The van der Waals surface area contributed by atoms with E-state index in [0.717, 1.165) is 6.42 Å².